The molecule has 0 spiro atoms. The Morgan fingerprint density at radius 3 is 2.81 bits per heavy atom. The molecule has 1 aromatic carbocycles. The van der Waals surface area contributed by atoms with Crippen LogP contribution in [0, 0.1) is 0 Å². The number of rotatable bonds is 3. The molecule has 1 aromatic rings. The van der Waals surface area contributed by atoms with Gasteiger partial charge < -0.3 is 9.84 Å². The van der Waals surface area contributed by atoms with Crippen LogP contribution in [0.1, 0.15) is 18.5 Å². The second-order valence-corrected chi connectivity index (χ2v) is 3.91. The Hall–Kier alpha value is -1.55. The quantitative estimate of drug-likeness (QED) is 0.842. The zero-order valence-corrected chi connectivity index (χ0v) is 9.17. The lowest BCUT2D eigenvalue weighted by atomic mass is 10.1. The van der Waals surface area contributed by atoms with Crippen LogP contribution in [0.4, 0.5) is 4.79 Å². The molecule has 1 aliphatic rings. The molecule has 1 fully saturated rings. The Balaban J connectivity index is 2.20. The van der Waals surface area contributed by atoms with Gasteiger partial charge in [0.1, 0.15) is 6.61 Å². The van der Waals surface area contributed by atoms with Crippen molar-refractivity contribution in [2.75, 3.05) is 13.2 Å². The van der Waals surface area contributed by atoms with Crippen LogP contribution >= 0.6 is 0 Å². The molecule has 0 saturated carbocycles. The van der Waals surface area contributed by atoms with Crippen LogP contribution in [0.25, 0.3) is 0 Å². The Bertz CT molecular complexity index is 366. The SMILES string of the molecule is C[C@H](c1ccccc1)N1C(=O)OC[C@H]1CO. The van der Waals surface area contributed by atoms with Gasteiger partial charge in [-0.15, -0.1) is 0 Å². The topological polar surface area (TPSA) is 49.8 Å². The van der Waals surface area contributed by atoms with Gasteiger partial charge >= 0.3 is 6.09 Å². The van der Waals surface area contributed by atoms with Gasteiger partial charge in [0.25, 0.3) is 0 Å². The molecule has 0 aromatic heterocycles. The molecule has 1 heterocycles. The first-order valence-corrected chi connectivity index (χ1v) is 5.35. The molecule has 16 heavy (non-hydrogen) atoms. The van der Waals surface area contributed by atoms with E-state index in [1.165, 1.54) is 0 Å². The van der Waals surface area contributed by atoms with Crippen LogP contribution in [0.2, 0.25) is 0 Å². The van der Waals surface area contributed by atoms with E-state index in [1.54, 1.807) is 4.90 Å². The molecule has 4 heteroatoms. The van der Waals surface area contributed by atoms with Crippen molar-refractivity contribution in [1.82, 2.24) is 4.90 Å². The maximum atomic E-state index is 11.6. The van der Waals surface area contributed by atoms with Crippen LogP contribution in [0.5, 0.6) is 0 Å². The number of carbonyl (C=O) groups is 1. The van der Waals surface area contributed by atoms with Crippen molar-refractivity contribution in [2.45, 2.75) is 19.0 Å². The third kappa shape index (κ3) is 1.88. The first-order chi connectivity index (χ1) is 7.74. The summed E-state index contributed by atoms with van der Waals surface area (Å²) < 4.78 is 4.94. The molecular weight excluding hydrogens is 206 g/mol. The highest BCUT2D eigenvalue weighted by molar-refractivity contribution is 5.70. The van der Waals surface area contributed by atoms with Crippen molar-refractivity contribution >= 4 is 6.09 Å². The highest BCUT2D eigenvalue weighted by atomic mass is 16.6. The molecule has 1 saturated heterocycles. The molecule has 1 amide bonds. The van der Waals surface area contributed by atoms with Gasteiger partial charge in [0.2, 0.25) is 0 Å². The van der Waals surface area contributed by atoms with Gasteiger partial charge in [0, 0.05) is 0 Å². The third-order valence-electron chi connectivity index (χ3n) is 2.91. The van der Waals surface area contributed by atoms with Gasteiger partial charge in [-0.05, 0) is 12.5 Å². The summed E-state index contributed by atoms with van der Waals surface area (Å²) >= 11 is 0. The minimum absolute atomic E-state index is 0.0666. The standard InChI is InChI=1S/C12H15NO3/c1-9(10-5-3-2-4-6-10)13-11(7-14)8-16-12(13)15/h2-6,9,11,14H,7-8H2,1H3/t9-,11-/m1/s1. The van der Waals surface area contributed by atoms with Crippen molar-refractivity contribution in [3.8, 4) is 0 Å². The molecule has 0 aliphatic carbocycles. The summed E-state index contributed by atoms with van der Waals surface area (Å²) in [6.07, 6.45) is -0.351. The van der Waals surface area contributed by atoms with Gasteiger partial charge in [-0.3, -0.25) is 4.90 Å². The lowest BCUT2D eigenvalue weighted by Gasteiger charge is -2.27. The molecule has 4 nitrogen and oxygen atoms in total. The van der Waals surface area contributed by atoms with Gasteiger partial charge in [0.05, 0.1) is 18.7 Å². The third-order valence-corrected chi connectivity index (χ3v) is 2.91. The summed E-state index contributed by atoms with van der Waals surface area (Å²) in [6, 6.07) is 9.41. The fourth-order valence-electron chi connectivity index (χ4n) is 1.98. The Morgan fingerprint density at radius 2 is 2.19 bits per heavy atom. The number of hydrogen-bond donors (Lipinski definition) is 1. The monoisotopic (exact) mass is 221 g/mol. The van der Waals surface area contributed by atoms with Crippen LogP contribution < -0.4 is 0 Å². The van der Waals surface area contributed by atoms with Crippen molar-refractivity contribution in [3.63, 3.8) is 0 Å². The number of hydrogen-bond acceptors (Lipinski definition) is 3. The predicted octanol–water partition coefficient (Wildman–Crippen LogP) is 1.56. The number of ether oxygens (including phenoxy) is 1. The molecule has 0 unspecified atom stereocenters. The Kier molecular flexibility index (Phi) is 3.10. The van der Waals surface area contributed by atoms with Crippen molar-refractivity contribution in [1.29, 1.82) is 0 Å². The summed E-state index contributed by atoms with van der Waals surface area (Å²) in [4.78, 5) is 13.1. The van der Waals surface area contributed by atoms with Gasteiger partial charge in [-0.1, -0.05) is 30.3 Å². The average molecular weight is 221 g/mol. The fraction of sp³-hybridized carbons (Fsp3) is 0.417. The van der Waals surface area contributed by atoms with E-state index in [-0.39, 0.29) is 31.4 Å². The molecule has 0 radical (unpaired) electrons. The van der Waals surface area contributed by atoms with E-state index in [0.29, 0.717) is 0 Å². The summed E-state index contributed by atoms with van der Waals surface area (Å²) in [6.45, 7) is 2.14. The number of carbonyl (C=O) groups excluding carboxylic acids is 1. The van der Waals surface area contributed by atoms with E-state index in [0.717, 1.165) is 5.56 Å². The average Bonchev–Trinajstić information content (AvgIpc) is 2.70. The number of amides is 1. The van der Waals surface area contributed by atoms with E-state index in [1.807, 2.05) is 37.3 Å². The molecule has 2 rings (SSSR count). The molecule has 86 valence electrons. The van der Waals surface area contributed by atoms with Gasteiger partial charge in [-0.25, -0.2) is 4.79 Å². The summed E-state index contributed by atoms with van der Waals surface area (Å²) in [5.74, 6) is 0. The number of nitrogens with zero attached hydrogens (tertiary/aromatic N) is 1. The maximum Gasteiger partial charge on any atom is 0.410 e. The van der Waals surface area contributed by atoms with Crippen LogP contribution in [0.3, 0.4) is 0 Å². The van der Waals surface area contributed by atoms with E-state index >= 15 is 0 Å². The van der Waals surface area contributed by atoms with E-state index in [2.05, 4.69) is 0 Å². The lowest BCUT2D eigenvalue weighted by Crippen LogP contribution is -2.38. The smallest absolute Gasteiger partial charge is 0.410 e. The largest absolute Gasteiger partial charge is 0.447 e. The summed E-state index contributed by atoms with van der Waals surface area (Å²) in [5, 5.41) is 9.18. The molecule has 0 bridgehead atoms. The number of benzene rings is 1. The normalized spacial score (nSPS) is 22.0. The molecule has 1 aliphatic heterocycles. The van der Waals surface area contributed by atoms with Crippen LogP contribution in [-0.4, -0.2) is 35.4 Å². The highest BCUT2D eigenvalue weighted by Crippen LogP contribution is 2.26. The first kappa shape index (κ1) is 11.0. The van der Waals surface area contributed by atoms with E-state index in [4.69, 9.17) is 4.74 Å². The summed E-state index contributed by atoms with van der Waals surface area (Å²) in [5.41, 5.74) is 1.04. The Labute approximate surface area is 94.4 Å². The van der Waals surface area contributed by atoms with Crippen molar-refractivity contribution < 1.29 is 14.6 Å². The van der Waals surface area contributed by atoms with Gasteiger partial charge in [0.15, 0.2) is 0 Å². The molecular formula is C12H15NO3. The predicted molar refractivity (Wildman–Crippen MR) is 58.9 cm³/mol. The fourth-order valence-corrected chi connectivity index (χ4v) is 1.98. The number of aliphatic hydroxyl groups excluding tert-OH is 1. The minimum Gasteiger partial charge on any atom is -0.447 e. The van der Waals surface area contributed by atoms with E-state index in [9.17, 15) is 9.90 Å². The highest BCUT2D eigenvalue weighted by Gasteiger charge is 2.36. The van der Waals surface area contributed by atoms with Gasteiger partial charge in [-0.2, -0.15) is 0 Å². The molecule has 2 atom stereocenters. The number of cyclic esters (lactones) is 1. The van der Waals surface area contributed by atoms with Crippen molar-refractivity contribution in [3.05, 3.63) is 35.9 Å². The maximum absolute atomic E-state index is 11.6. The minimum atomic E-state index is -0.351. The lowest BCUT2D eigenvalue weighted by molar-refractivity contribution is 0.135. The van der Waals surface area contributed by atoms with Crippen LogP contribution in [0.15, 0.2) is 30.3 Å². The zero-order valence-electron chi connectivity index (χ0n) is 9.17. The second kappa shape index (κ2) is 4.53. The van der Waals surface area contributed by atoms with E-state index < -0.39 is 0 Å². The number of aliphatic hydroxyl groups is 1. The van der Waals surface area contributed by atoms with Crippen molar-refractivity contribution in [2.24, 2.45) is 0 Å². The molecule has 1 N–H and O–H groups in total. The van der Waals surface area contributed by atoms with Crippen LogP contribution in [-0.2, 0) is 4.74 Å². The zero-order chi connectivity index (χ0) is 11.5. The summed E-state index contributed by atoms with van der Waals surface area (Å²) in [7, 11) is 0. The first-order valence-electron chi connectivity index (χ1n) is 5.35. The Morgan fingerprint density at radius 1 is 1.50 bits per heavy atom. The second-order valence-electron chi connectivity index (χ2n) is 3.91.